The van der Waals surface area contributed by atoms with E-state index in [1.165, 1.54) is 5.56 Å². The van der Waals surface area contributed by atoms with Crippen molar-refractivity contribution in [3.05, 3.63) is 65.2 Å². The fourth-order valence-corrected chi connectivity index (χ4v) is 5.10. The van der Waals surface area contributed by atoms with Gasteiger partial charge in [-0.1, -0.05) is 42.0 Å². The molecule has 1 amide bonds. The number of carbonyl (C=O) groups is 1. The summed E-state index contributed by atoms with van der Waals surface area (Å²) in [7, 11) is 3.78. The number of likely N-dealkylation sites (N-methyl/N-ethyl adjacent to an activating group) is 1. The molecule has 2 fully saturated rings. The number of aryl methyl sites for hydroxylation is 1. The van der Waals surface area contributed by atoms with Crippen LogP contribution in [0.25, 0.3) is 0 Å². The molecule has 2 aromatic carbocycles. The Morgan fingerprint density at radius 1 is 1.10 bits per heavy atom. The minimum Gasteiger partial charge on any atom is -0.497 e. The van der Waals surface area contributed by atoms with Crippen molar-refractivity contribution in [3.8, 4) is 5.75 Å². The summed E-state index contributed by atoms with van der Waals surface area (Å²) in [6.07, 6.45) is 2.70. The molecule has 0 aliphatic carbocycles. The number of nitrogens with zero attached hydrogens (tertiary/aromatic N) is 2. The van der Waals surface area contributed by atoms with E-state index in [0.717, 1.165) is 36.1 Å². The summed E-state index contributed by atoms with van der Waals surface area (Å²) in [5.74, 6) is 0.840. The maximum Gasteiger partial charge on any atom is 0.227 e. The third-order valence-electron chi connectivity index (χ3n) is 6.86. The molecule has 4 rings (SSSR count). The number of fused-ring (bicyclic) bond motifs is 2. The first-order chi connectivity index (χ1) is 14.5. The van der Waals surface area contributed by atoms with E-state index in [-0.39, 0.29) is 18.0 Å². The third-order valence-corrected chi connectivity index (χ3v) is 6.86. The second kappa shape index (κ2) is 8.78. The van der Waals surface area contributed by atoms with Crippen molar-refractivity contribution in [2.45, 2.75) is 63.4 Å². The minimum atomic E-state index is -0.482. The maximum absolute atomic E-state index is 13.5. The molecule has 2 bridgehead atoms. The lowest BCUT2D eigenvalue weighted by Crippen LogP contribution is -2.61. The first kappa shape index (κ1) is 20.9. The van der Waals surface area contributed by atoms with Crippen molar-refractivity contribution in [2.75, 3.05) is 14.2 Å². The molecule has 4 unspecified atom stereocenters. The van der Waals surface area contributed by atoms with Gasteiger partial charge in [0.25, 0.3) is 0 Å². The fourth-order valence-electron chi connectivity index (χ4n) is 5.10. The Bertz CT molecular complexity index is 865. The van der Waals surface area contributed by atoms with Gasteiger partial charge in [0.05, 0.1) is 25.7 Å². The SMILES string of the molecule is COc1ccc(CC(=O)N(Cc2ccc(C)cc2)C2C(O)CC3CCC2N3C)cc1. The molecule has 2 saturated heterocycles. The number of benzene rings is 2. The molecule has 160 valence electrons. The van der Waals surface area contributed by atoms with Crippen molar-refractivity contribution in [1.29, 1.82) is 0 Å². The van der Waals surface area contributed by atoms with E-state index in [4.69, 9.17) is 4.74 Å². The molecule has 2 aromatic rings. The average Bonchev–Trinajstić information content (AvgIpc) is 2.99. The van der Waals surface area contributed by atoms with Gasteiger partial charge in [0.15, 0.2) is 0 Å². The van der Waals surface area contributed by atoms with Crippen LogP contribution in [0.1, 0.15) is 36.0 Å². The van der Waals surface area contributed by atoms with Gasteiger partial charge in [-0.05, 0) is 56.5 Å². The molecule has 2 aliphatic rings. The highest BCUT2D eigenvalue weighted by Crippen LogP contribution is 2.37. The van der Waals surface area contributed by atoms with E-state index in [9.17, 15) is 9.90 Å². The van der Waals surface area contributed by atoms with Crippen LogP contribution in [-0.2, 0) is 17.8 Å². The lowest BCUT2D eigenvalue weighted by atomic mass is 9.92. The summed E-state index contributed by atoms with van der Waals surface area (Å²) >= 11 is 0. The van der Waals surface area contributed by atoms with Crippen LogP contribution in [0.2, 0.25) is 0 Å². The summed E-state index contributed by atoms with van der Waals surface area (Å²) in [5.41, 5.74) is 3.25. The van der Waals surface area contributed by atoms with E-state index in [0.29, 0.717) is 19.0 Å². The number of hydrogen-bond donors (Lipinski definition) is 1. The molecular weight excluding hydrogens is 376 g/mol. The normalized spacial score (nSPS) is 25.9. The Hall–Kier alpha value is -2.37. The van der Waals surface area contributed by atoms with Crippen molar-refractivity contribution < 1.29 is 14.6 Å². The van der Waals surface area contributed by atoms with Gasteiger partial charge >= 0.3 is 0 Å². The smallest absolute Gasteiger partial charge is 0.227 e. The highest BCUT2D eigenvalue weighted by molar-refractivity contribution is 5.79. The van der Waals surface area contributed by atoms with Gasteiger partial charge in [-0.25, -0.2) is 0 Å². The zero-order valence-corrected chi connectivity index (χ0v) is 18.1. The van der Waals surface area contributed by atoms with Crippen LogP contribution in [0.5, 0.6) is 5.75 Å². The number of aliphatic hydroxyl groups excluding tert-OH is 1. The van der Waals surface area contributed by atoms with Crippen LogP contribution >= 0.6 is 0 Å². The molecule has 0 aromatic heterocycles. The molecule has 2 heterocycles. The third kappa shape index (κ3) is 4.23. The van der Waals surface area contributed by atoms with Gasteiger partial charge < -0.3 is 14.7 Å². The molecule has 5 heteroatoms. The number of rotatable bonds is 6. The number of carbonyl (C=O) groups excluding carboxylic acids is 1. The summed E-state index contributed by atoms with van der Waals surface area (Å²) in [6.45, 7) is 2.58. The first-order valence-electron chi connectivity index (χ1n) is 10.8. The van der Waals surface area contributed by atoms with Crippen molar-refractivity contribution in [1.82, 2.24) is 9.80 Å². The lowest BCUT2D eigenvalue weighted by molar-refractivity contribution is -0.141. The van der Waals surface area contributed by atoms with E-state index < -0.39 is 6.10 Å². The van der Waals surface area contributed by atoms with Crippen molar-refractivity contribution in [2.24, 2.45) is 0 Å². The number of methoxy groups -OCH3 is 1. The van der Waals surface area contributed by atoms with Gasteiger partial charge in [-0.15, -0.1) is 0 Å². The molecule has 4 atom stereocenters. The predicted molar refractivity (Wildman–Crippen MR) is 117 cm³/mol. The Morgan fingerprint density at radius 3 is 2.43 bits per heavy atom. The van der Waals surface area contributed by atoms with Crippen LogP contribution in [0.15, 0.2) is 48.5 Å². The topological polar surface area (TPSA) is 53.0 Å². The largest absolute Gasteiger partial charge is 0.497 e. The predicted octanol–water partition coefficient (Wildman–Crippen LogP) is 3.17. The van der Waals surface area contributed by atoms with Crippen LogP contribution in [-0.4, -0.2) is 59.2 Å². The molecule has 0 spiro atoms. The monoisotopic (exact) mass is 408 g/mol. The molecule has 5 nitrogen and oxygen atoms in total. The number of piperidine rings is 1. The number of amides is 1. The number of hydrogen-bond acceptors (Lipinski definition) is 4. The lowest BCUT2D eigenvalue weighted by Gasteiger charge is -2.46. The summed E-state index contributed by atoms with van der Waals surface area (Å²) in [6, 6.07) is 16.4. The minimum absolute atomic E-state index is 0.0588. The van der Waals surface area contributed by atoms with Gasteiger partial charge in [0, 0.05) is 18.6 Å². The quantitative estimate of drug-likeness (QED) is 0.798. The van der Waals surface area contributed by atoms with Crippen molar-refractivity contribution in [3.63, 3.8) is 0 Å². The van der Waals surface area contributed by atoms with Gasteiger partial charge in [-0.3, -0.25) is 9.69 Å². The van der Waals surface area contributed by atoms with Crippen LogP contribution < -0.4 is 4.74 Å². The summed E-state index contributed by atoms with van der Waals surface area (Å²) < 4.78 is 5.23. The van der Waals surface area contributed by atoms with Crippen LogP contribution in [0.3, 0.4) is 0 Å². The summed E-state index contributed by atoms with van der Waals surface area (Å²) in [4.78, 5) is 17.8. The maximum atomic E-state index is 13.5. The van der Waals surface area contributed by atoms with E-state index >= 15 is 0 Å². The number of ether oxygens (including phenoxy) is 1. The van der Waals surface area contributed by atoms with Crippen LogP contribution in [0.4, 0.5) is 0 Å². The Labute approximate surface area is 179 Å². The van der Waals surface area contributed by atoms with E-state index in [2.05, 4.69) is 43.1 Å². The second-order valence-electron chi connectivity index (χ2n) is 8.79. The number of aliphatic hydroxyl groups is 1. The molecule has 0 saturated carbocycles. The molecule has 0 radical (unpaired) electrons. The highest BCUT2D eigenvalue weighted by Gasteiger charge is 2.48. The van der Waals surface area contributed by atoms with E-state index in [1.807, 2.05) is 29.2 Å². The van der Waals surface area contributed by atoms with Gasteiger partial charge in [-0.2, -0.15) is 0 Å². The zero-order chi connectivity index (χ0) is 21.3. The molecular formula is C25H32N2O3. The Balaban J connectivity index is 1.60. The molecule has 2 aliphatic heterocycles. The Kier molecular flexibility index (Phi) is 6.11. The zero-order valence-electron chi connectivity index (χ0n) is 18.1. The van der Waals surface area contributed by atoms with Crippen molar-refractivity contribution >= 4 is 5.91 Å². The van der Waals surface area contributed by atoms with Crippen LogP contribution in [0, 0.1) is 6.92 Å². The summed E-state index contributed by atoms with van der Waals surface area (Å²) in [5, 5.41) is 11.0. The molecule has 30 heavy (non-hydrogen) atoms. The first-order valence-corrected chi connectivity index (χ1v) is 10.8. The highest BCUT2D eigenvalue weighted by atomic mass is 16.5. The van der Waals surface area contributed by atoms with Gasteiger partial charge in [0.1, 0.15) is 5.75 Å². The average molecular weight is 409 g/mol. The Morgan fingerprint density at radius 2 is 1.77 bits per heavy atom. The fraction of sp³-hybridized carbons (Fsp3) is 0.480. The van der Waals surface area contributed by atoms with E-state index in [1.54, 1.807) is 7.11 Å². The standard InChI is InChI=1S/C25H32N2O3/c1-17-4-6-19(7-5-17)16-27(24(29)14-18-8-11-21(30-3)12-9-18)25-22-13-10-20(26(22)2)15-23(25)28/h4-9,11-12,20,22-23,25,28H,10,13-16H2,1-3H3. The second-order valence-corrected chi connectivity index (χ2v) is 8.79. The molecule has 1 N–H and O–H groups in total. The van der Waals surface area contributed by atoms with Gasteiger partial charge in [0.2, 0.25) is 5.91 Å².